The first kappa shape index (κ1) is 21.5. The van der Waals surface area contributed by atoms with Crippen LogP contribution in [0, 0.1) is 0 Å². The molecular weight excluding hydrogens is 404 g/mol. The average Bonchev–Trinajstić information content (AvgIpc) is 3.15. The lowest BCUT2D eigenvalue weighted by Gasteiger charge is -2.15. The van der Waals surface area contributed by atoms with Crippen LogP contribution in [0.25, 0.3) is 0 Å². The number of thioether (sulfide) groups is 1. The van der Waals surface area contributed by atoms with Crippen LogP contribution in [0.5, 0.6) is 0 Å². The number of thiophene rings is 1. The molecule has 5 nitrogen and oxygen atoms in total. The normalized spacial score (nSPS) is 11.3. The molecule has 2 aromatic rings. The van der Waals surface area contributed by atoms with Gasteiger partial charge in [0.2, 0.25) is 0 Å². The fourth-order valence-corrected chi connectivity index (χ4v) is 4.10. The maximum atomic E-state index is 12.2. The summed E-state index contributed by atoms with van der Waals surface area (Å²) in [5.74, 6) is 1.50. The summed E-state index contributed by atoms with van der Waals surface area (Å²) in [6.45, 7) is 3.78. The number of hydrogen-bond donors (Lipinski definition) is 0. The predicted molar refractivity (Wildman–Crippen MR) is 113 cm³/mol. The lowest BCUT2D eigenvalue weighted by atomic mass is 10.1. The topological polar surface area (TPSA) is 59.0 Å². The van der Waals surface area contributed by atoms with Crippen molar-refractivity contribution >= 4 is 52.4 Å². The molecule has 1 heterocycles. The van der Waals surface area contributed by atoms with Gasteiger partial charge < -0.3 is 4.74 Å². The van der Waals surface area contributed by atoms with Gasteiger partial charge in [0.25, 0.3) is 5.91 Å². The number of halogens is 1. The van der Waals surface area contributed by atoms with Gasteiger partial charge in [0.15, 0.2) is 0 Å². The number of ether oxygens (including phenoxy) is 1. The van der Waals surface area contributed by atoms with Crippen molar-refractivity contribution in [2.45, 2.75) is 26.0 Å². The van der Waals surface area contributed by atoms with Gasteiger partial charge in [-0.1, -0.05) is 37.6 Å². The van der Waals surface area contributed by atoms with Crippen LogP contribution in [-0.4, -0.2) is 35.6 Å². The van der Waals surface area contributed by atoms with Crippen molar-refractivity contribution < 1.29 is 14.3 Å². The smallest absolute Gasteiger partial charge is 0.437 e. The molecule has 8 heteroatoms. The van der Waals surface area contributed by atoms with Crippen LogP contribution in [0.4, 0.5) is 4.79 Å². The van der Waals surface area contributed by atoms with Gasteiger partial charge in [0.1, 0.15) is 5.71 Å². The van der Waals surface area contributed by atoms with Crippen LogP contribution >= 0.6 is 34.7 Å². The first-order valence-corrected chi connectivity index (χ1v) is 10.8. The van der Waals surface area contributed by atoms with E-state index in [0.29, 0.717) is 10.7 Å². The second-order valence-electron chi connectivity index (χ2n) is 5.39. The Balaban J connectivity index is 2.51. The van der Waals surface area contributed by atoms with E-state index >= 15 is 0 Å². The molecule has 0 radical (unpaired) electrons. The molecule has 0 N–H and O–H groups in total. The van der Waals surface area contributed by atoms with E-state index in [4.69, 9.17) is 16.3 Å². The van der Waals surface area contributed by atoms with Crippen molar-refractivity contribution in [3.05, 3.63) is 56.7 Å². The summed E-state index contributed by atoms with van der Waals surface area (Å²) >= 11 is 9.41. The number of rotatable bonds is 7. The molecule has 0 spiro atoms. The Bertz CT molecular complexity index is 803. The molecule has 144 valence electrons. The summed E-state index contributed by atoms with van der Waals surface area (Å²) < 4.78 is 4.72. The maximum absolute atomic E-state index is 12.2. The Morgan fingerprint density at radius 2 is 1.89 bits per heavy atom. The first-order valence-electron chi connectivity index (χ1n) is 8.42. The molecule has 0 aliphatic carbocycles. The van der Waals surface area contributed by atoms with Gasteiger partial charge in [0, 0.05) is 27.6 Å². The van der Waals surface area contributed by atoms with Gasteiger partial charge in [0.05, 0.1) is 12.0 Å². The molecule has 0 aliphatic heterocycles. The van der Waals surface area contributed by atoms with Crippen LogP contribution in [0.2, 0.25) is 5.02 Å². The number of carbonyl (C=O) groups is 2. The summed E-state index contributed by atoms with van der Waals surface area (Å²) in [4.78, 5) is 26.3. The third kappa shape index (κ3) is 5.82. The van der Waals surface area contributed by atoms with E-state index in [9.17, 15) is 9.59 Å². The molecular formula is C19H21ClN2O3S2. The van der Waals surface area contributed by atoms with E-state index in [1.54, 1.807) is 30.4 Å². The van der Waals surface area contributed by atoms with Crippen molar-refractivity contribution in [3.8, 4) is 0 Å². The Morgan fingerprint density at radius 3 is 2.48 bits per heavy atom. The molecule has 2 amide bonds. The maximum Gasteiger partial charge on any atom is 0.437 e. The second kappa shape index (κ2) is 10.5. The number of amides is 2. The second-order valence-corrected chi connectivity index (χ2v) is 8.27. The minimum atomic E-state index is -0.813. The molecule has 0 saturated heterocycles. The summed E-state index contributed by atoms with van der Waals surface area (Å²) in [6.07, 6.45) is -0.679. The van der Waals surface area contributed by atoms with Gasteiger partial charge in [-0.25, -0.2) is 4.79 Å². The van der Waals surface area contributed by atoms with E-state index in [2.05, 4.69) is 12.0 Å². The Morgan fingerprint density at radius 1 is 1.19 bits per heavy atom. The van der Waals surface area contributed by atoms with Crippen molar-refractivity contribution in [2.75, 3.05) is 12.9 Å². The van der Waals surface area contributed by atoms with Gasteiger partial charge >= 0.3 is 6.09 Å². The Labute approximate surface area is 172 Å². The van der Waals surface area contributed by atoms with Crippen molar-refractivity contribution in [3.63, 3.8) is 0 Å². The molecule has 0 unspecified atom stereocenters. The quantitative estimate of drug-likeness (QED) is 0.440. The molecule has 0 atom stereocenters. The highest BCUT2D eigenvalue weighted by atomic mass is 35.5. The Kier molecular flexibility index (Phi) is 8.34. The largest absolute Gasteiger partial charge is 0.451 e. The fraction of sp³-hybridized carbons (Fsp3) is 0.316. The zero-order chi connectivity index (χ0) is 19.8. The minimum Gasteiger partial charge on any atom is -0.451 e. The lowest BCUT2D eigenvalue weighted by molar-refractivity contribution is -0.129. The molecule has 2 rings (SSSR count). The van der Waals surface area contributed by atoms with E-state index in [1.807, 2.05) is 36.0 Å². The predicted octanol–water partition coefficient (Wildman–Crippen LogP) is 5.41. The van der Waals surface area contributed by atoms with E-state index in [-0.39, 0.29) is 6.42 Å². The van der Waals surface area contributed by atoms with Crippen LogP contribution in [-0.2, 0) is 15.3 Å². The summed E-state index contributed by atoms with van der Waals surface area (Å²) in [6, 6.07) is 11.1. The van der Waals surface area contributed by atoms with Crippen molar-refractivity contribution in [1.29, 1.82) is 0 Å². The summed E-state index contributed by atoms with van der Waals surface area (Å²) in [5.41, 5.74) is 1.28. The molecule has 0 fully saturated rings. The Hall–Kier alpha value is -1.83. The fourth-order valence-electron chi connectivity index (χ4n) is 2.18. The number of benzene rings is 1. The third-order valence-electron chi connectivity index (χ3n) is 3.55. The van der Waals surface area contributed by atoms with E-state index in [0.717, 1.165) is 27.0 Å². The average molecular weight is 425 g/mol. The van der Waals surface area contributed by atoms with Gasteiger partial charge in [-0.2, -0.15) is 16.9 Å². The SMILES string of the molecule is CCSCc1ccc(C(=NN(C(=O)CC)C(=O)OC)c2ccc(Cl)cc2)s1. The standard InChI is InChI=1S/C19H21ClN2O3S2/c1-4-17(23)22(19(24)25-3)21-18(13-6-8-14(20)9-7-13)16-11-10-15(27-16)12-26-5-2/h6-11H,4-5,12H2,1-3H3. The molecule has 0 aliphatic rings. The third-order valence-corrected chi connectivity index (χ3v) is 6.00. The number of carbonyl (C=O) groups excluding carboxylic acids is 2. The van der Waals surface area contributed by atoms with E-state index < -0.39 is 12.0 Å². The van der Waals surface area contributed by atoms with Crippen LogP contribution in [0.15, 0.2) is 41.5 Å². The van der Waals surface area contributed by atoms with Crippen LogP contribution in [0.3, 0.4) is 0 Å². The van der Waals surface area contributed by atoms with Crippen molar-refractivity contribution in [1.82, 2.24) is 5.01 Å². The number of methoxy groups -OCH3 is 1. The van der Waals surface area contributed by atoms with E-state index in [1.165, 1.54) is 12.0 Å². The van der Waals surface area contributed by atoms with Gasteiger partial charge in [-0.05, 0) is 30.0 Å². The number of hydrazone groups is 1. The zero-order valence-corrected chi connectivity index (χ0v) is 17.8. The van der Waals surface area contributed by atoms with Crippen LogP contribution < -0.4 is 0 Å². The molecule has 1 aromatic carbocycles. The summed E-state index contributed by atoms with van der Waals surface area (Å²) in [7, 11) is 1.22. The highest BCUT2D eigenvalue weighted by molar-refractivity contribution is 7.98. The first-order chi connectivity index (χ1) is 13.0. The summed E-state index contributed by atoms with van der Waals surface area (Å²) in [5, 5.41) is 5.75. The number of nitrogens with zero attached hydrogens (tertiary/aromatic N) is 2. The van der Waals surface area contributed by atoms with Crippen LogP contribution in [0.1, 0.15) is 35.6 Å². The monoisotopic (exact) mass is 424 g/mol. The minimum absolute atomic E-state index is 0.134. The molecule has 0 bridgehead atoms. The van der Waals surface area contributed by atoms with Gasteiger partial charge in [-0.15, -0.1) is 16.3 Å². The zero-order valence-electron chi connectivity index (χ0n) is 15.4. The number of hydrogen-bond acceptors (Lipinski definition) is 6. The lowest BCUT2D eigenvalue weighted by Crippen LogP contribution is -2.33. The molecule has 0 saturated carbocycles. The molecule has 1 aromatic heterocycles. The highest BCUT2D eigenvalue weighted by Gasteiger charge is 2.23. The number of imide groups is 1. The van der Waals surface area contributed by atoms with Crippen molar-refractivity contribution in [2.24, 2.45) is 5.10 Å². The highest BCUT2D eigenvalue weighted by Crippen LogP contribution is 2.25. The molecule has 27 heavy (non-hydrogen) atoms. The van der Waals surface area contributed by atoms with Gasteiger partial charge in [-0.3, -0.25) is 4.79 Å².